The van der Waals surface area contributed by atoms with Crippen LogP contribution in [0.3, 0.4) is 0 Å². The van der Waals surface area contributed by atoms with Gasteiger partial charge in [-0.25, -0.2) is 13.1 Å². The summed E-state index contributed by atoms with van der Waals surface area (Å²) in [6.07, 6.45) is 0.742. The molecule has 0 aliphatic carbocycles. The van der Waals surface area contributed by atoms with Gasteiger partial charge in [0.1, 0.15) is 4.90 Å². The summed E-state index contributed by atoms with van der Waals surface area (Å²) in [5, 5.41) is 6.87. The van der Waals surface area contributed by atoms with Crippen molar-refractivity contribution in [2.75, 3.05) is 11.9 Å². The van der Waals surface area contributed by atoms with Crippen molar-refractivity contribution in [3.05, 3.63) is 41.8 Å². The normalized spacial score (nSPS) is 11.5. The zero-order valence-corrected chi connectivity index (χ0v) is 12.9. The number of aryl methyl sites for hydroxylation is 1. The Balaban J connectivity index is 2.16. The molecule has 114 valence electrons. The van der Waals surface area contributed by atoms with Crippen LogP contribution in [0.5, 0.6) is 0 Å². The van der Waals surface area contributed by atoms with E-state index in [1.54, 1.807) is 30.3 Å². The number of benzene rings is 1. The summed E-state index contributed by atoms with van der Waals surface area (Å²) in [7, 11) is -3.51. The van der Waals surface area contributed by atoms with Gasteiger partial charge >= 0.3 is 0 Å². The van der Waals surface area contributed by atoms with Crippen molar-refractivity contribution in [1.82, 2.24) is 9.88 Å². The molecule has 6 nitrogen and oxygen atoms in total. The average molecular weight is 309 g/mol. The second kappa shape index (κ2) is 6.73. The predicted molar refractivity (Wildman–Crippen MR) is 80.5 cm³/mol. The van der Waals surface area contributed by atoms with Gasteiger partial charge in [-0.05, 0) is 25.5 Å². The van der Waals surface area contributed by atoms with Gasteiger partial charge in [-0.1, -0.05) is 24.2 Å². The summed E-state index contributed by atoms with van der Waals surface area (Å²) in [5.74, 6) is 0.654. The first-order valence-corrected chi connectivity index (χ1v) is 8.26. The molecule has 1 aromatic carbocycles. The molecule has 2 N–H and O–H groups in total. The molecule has 2 aromatic rings. The molecule has 0 bridgehead atoms. The lowest BCUT2D eigenvalue weighted by molar-refractivity contribution is 0.384. The third-order valence-corrected chi connectivity index (χ3v) is 4.37. The summed E-state index contributed by atoms with van der Waals surface area (Å²) in [5.41, 5.74) is 1.33. The van der Waals surface area contributed by atoms with Gasteiger partial charge in [-0.15, -0.1) is 0 Å². The molecular formula is C14H19N3O3S. The van der Waals surface area contributed by atoms with E-state index in [1.165, 1.54) is 0 Å². The number of hydrogen-bond donors (Lipinski definition) is 2. The highest BCUT2D eigenvalue weighted by molar-refractivity contribution is 7.89. The first kappa shape index (κ1) is 15.5. The molecule has 0 radical (unpaired) electrons. The largest absolute Gasteiger partial charge is 0.377 e. The van der Waals surface area contributed by atoms with Crippen LogP contribution in [0.15, 0.2) is 39.8 Å². The molecule has 1 heterocycles. The van der Waals surface area contributed by atoms with Crippen molar-refractivity contribution in [2.24, 2.45) is 0 Å². The minimum atomic E-state index is -3.51. The quantitative estimate of drug-likeness (QED) is 0.819. The molecule has 2 rings (SSSR count). The molecule has 0 saturated carbocycles. The topological polar surface area (TPSA) is 84.2 Å². The molecule has 0 amide bonds. The van der Waals surface area contributed by atoms with Crippen LogP contribution in [0, 0.1) is 6.92 Å². The Hall–Kier alpha value is -1.86. The fourth-order valence-electron chi connectivity index (χ4n) is 1.84. The molecule has 0 aliphatic rings. The zero-order valence-electron chi connectivity index (χ0n) is 12.1. The Kier molecular flexibility index (Phi) is 4.98. The van der Waals surface area contributed by atoms with E-state index >= 15 is 0 Å². The van der Waals surface area contributed by atoms with E-state index in [1.807, 2.05) is 13.8 Å². The number of anilines is 1. The molecule has 0 spiro atoms. The molecular weight excluding hydrogens is 290 g/mol. The monoisotopic (exact) mass is 309 g/mol. The van der Waals surface area contributed by atoms with Gasteiger partial charge in [0.25, 0.3) is 0 Å². The molecule has 1 aromatic heterocycles. The van der Waals surface area contributed by atoms with Crippen LogP contribution in [0.25, 0.3) is 0 Å². The predicted octanol–water partition coefficient (Wildman–Crippen LogP) is 2.28. The lowest BCUT2D eigenvalue weighted by Gasteiger charge is -2.12. The Morgan fingerprint density at radius 2 is 2.05 bits per heavy atom. The summed E-state index contributed by atoms with van der Waals surface area (Å²) < 4.78 is 32.1. The lowest BCUT2D eigenvalue weighted by Crippen LogP contribution is -2.25. The van der Waals surface area contributed by atoms with Gasteiger partial charge in [-0.2, -0.15) is 0 Å². The summed E-state index contributed by atoms with van der Waals surface area (Å²) >= 11 is 0. The van der Waals surface area contributed by atoms with Crippen LogP contribution >= 0.6 is 0 Å². The second-order valence-corrected chi connectivity index (χ2v) is 6.42. The first-order chi connectivity index (χ1) is 10.0. The number of hydrogen-bond acceptors (Lipinski definition) is 5. The first-order valence-electron chi connectivity index (χ1n) is 6.77. The van der Waals surface area contributed by atoms with E-state index in [9.17, 15) is 8.42 Å². The van der Waals surface area contributed by atoms with Crippen molar-refractivity contribution in [1.29, 1.82) is 0 Å². The lowest BCUT2D eigenvalue weighted by atomic mass is 10.3. The van der Waals surface area contributed by atoms with Crippen molar-refractivity contribution >= 4 is 15.7 Å². The fraction of sp³-hybridized carbons (Fsp3) is 0.357. The summed E-state index contributed by atoms with van der Waals surface area (Å²) in [4.78, 5) is 0.231. The van der Waals surface area contributed by atoms with E-state index in [2.05, 4.69) is 15.2 Å². The van der Waals surface area contributed by atoms with Crippen molar-refractivity contribution in [3.8, 4) is 0 Å². The number of aromatic nitrogens is 1. The number of nitrogens with zero attached hydrogens (tertiary/aromatic N) is 1. The Bertz CT molecular complexity index is 695. The van der Waals surface area contributed by atoms with E-state index < -0.39 is 10.0 Å². The Labute approximate surface area is 124 Å². The molecule has 0 aliphatic heterocycles. The van der Waals surface area contributed by atoms with E-state index in [0.29, 0.717) is 24.5 Å². The molecule has 0 fully saturated rings. The highest BCUT2D eigenvalue weighted by atomic mass is 32.2. The molecule has 7 heteroatoms. The highest BCUT2D eigenvalue weighted by Gasteiger charge is 2.17. The summed E-state index contributed by atoms with van der Waals surface area (Å²) in [6, 6.07) is 8.59. The SMILES string of the molecule is CCCNS(=O)(=O)c1ccccc1NCc1cc(C)no1. The smallest absolute Gasteiger partial charge is 0.242 e. The molecule has 21 heavy (non-hydrogen) atoms. The maximum absolute atomic E-state index is 12.2. The minimum Gasteiger partial charge on any atom is -0.377 e. The van der Waals surface area contributed by atoms with Gasteiger partial charge in [0.2, 0.25) is 10.0 Å². The fourth-order valence-corrected chi connectivity index (χ4v) is 3.16. The number of para-hydroxylation sites is 1. The third kappa shape index (κ3) is 4.05. The van der Waals surface area contributed by atoms with Crippen LogP contribution in [0.4, 0.5) is 5.69 Å². The van der Waals surface area contributed by atoms with E-state index in [0.717, 1.165) is 12.1 Å². The molecule has 0 unspecified atom stereocenters. The Morgan fingerprint density at radius 3 is 2.71 bits per heavy atom. The highest BCUT2D eigenvalue weighted by Crippen LogP contribution is 2.21. The number of rotatable bonds is 7. The zero-order chi connectivity index (χ0) is 15.3. The molecule has 0 saturated heterocycles. The van der Waals surface area contributed by atoms with Crippen LogP contribution in [0.2, 0.25) is 0 Å². The summed E-state index contributed by atoms with van der Waals surface area (Å²) in [6.45, 7) is 4.54. The van der Waals surface area contributed by atoms with Gasteiger partial charge in [0.15, 0.2) is 5.76 Å². The average Bonchev–Trinajstić information content (AvgIpc) is 2.89. The maximum atomic E-state index is 12.2. The van der Waals surface area contributed by atoms with Crippen LogP contribution in [-0.4, -0.2) is 20.1 Å². The van der Waals surface area contributed by atoms with Gasteiger partial charge < -0.3 is 9.84 Å². The van der Waals surface area contributed by atoms with Crippen molar-refractivity contribution in [3.63, 3.8) is 0 Å². The van der Waals surface area contributed by atoms with Crippen LogP contribution in [0.1, 0.15) is 24.8 Å². The van der Waals surface area contributed by atoms with Gasteiger partial charge in [-0.3, -0.25) is 0 Å². The van der Waals surface area contributed by atoms with E-state index in [4.69, 9.17) is 4.52 Å². The van der Waals surface area contributed by atoms with Crippen molar-refractivity contribution < 1.29 is 12.9 Å². The Morgan fingerprint density at radius 1 is 1.29 bits per heavy atom. The van der Waals surface area contributed by atoms with Gasteiger partial charge in [0, 0.05) is 12.6 Å². The second-order valence-electron chi connectivity index (χ2n) is 4.68. The maximum Gasteiger partial charge on any atom is 0.242 e. The molecule has 0 atom stereocenters. The number of sulfonamides is 1. The standard InChI is InChI=1S/C14H19N3O3S/c1-3-8-16-21(18,19)14-7-5-4-6-13(14)15-10-12-9-11(2)17-20-12/h4-7,9,15-16H,3,8,10H2,1-2H3. The minimum absolute atomic E-state index is 0.231. The van der Waals surface area contributed by atoms with E-state index in [-0.39, 0.29) is 4.90 Å². The van der Waals surface area contributed by atoms with Gasteiger partial charge in [0.05, 0.1) is 17.9 Å². The van der Waals surface area contributed by atoms with Crippen molar-refractivity contribution in [2.45, 2.75) is 31.7 Å². The third-order valence-electron chi connectivity index (χ3n) is 2.85. The van der Waals surface area contributed by atoms with Crippen LogP contribution in [-0.2, 0) is 16.6 Å². The number of nitrogens with one attached hydrogen (secondary N) is 2. The van der Waals surface area contributed by atoms with Crippen LogP contribution < -0.4 is 10.0 Å².